The van der Waals surface area contributed by atoms with Gasteiger partial charge in [-0.1, -0.05) is 53.2 Å². The van der Waals surface area contributed by atoms with Gasteiger partial charge in [-0.25, -0.2) is 4.79 Å². The van der Waals surface area contributed by atoms with Crippen LogP contribution >= 0.6 is 11.6 Å². The van der Waals surface area contributed by atoms with Gasteiger partial charge in [-0.3, -0.25) is 4.79 Å². The second-order valence-electron chi connectivity index (χ2n) is 7.62. The average molecular weight is 427 g/mol. The van der Waals surface area contributed by atoms with E-state index in [4.69, 9.17) is 16.4 Å². The van der Waals surface area contributed by atoms with Crippen molar-refractivity contribution in [2.75, 3.05) is 18.4 Å². The summed E-state index contributed by atoms with van der Waals surface area (Å²) in [6.45, 7) is 1.51. The quantitative estimate of drug-likeness (QED) is 0.780. The number of hydrogen-bond acceptors (Lipinski definition) is 4. The Morgan fingerprint density at radius 3 is 2.80 bits per heavy atom. The number of nitrogens with zero attached hydrogens (tertiary/aromatic N) is 2. The van der Waals surface area contributed by atoms with Crippen molar-refractivity contribution in [1.82, 2.24) is 10.2 Å². The van der Waals surface area contributed by atoms with E-state index in [1.807, 2.05) is 30.3 Å². The standard InChI is InChI=1S/C22H23ClN4O3/c23-17-8-4-9-18(12-17)25-20(28)19-13-22(30-26-19)10-5-11-27(15-22)21(29)24-14-16-6-2-1-3-7-16/h1-4,6-9,12H,5,10-11,13-15H2,(H,24,29)(H,25,28)/t22-/m0/s1. The van der Waals surface area contributed by atoms with Crippen LogP contribution in [-0.2, 0) is 16.2 Å². The molecular formula is C22H23ClN4O3. The molecule has 0 aromatic heterocycles. The Morgan fingerprint density at radius 1 is 1.17 bits per heavy atom. The molecule has 3 amide bonds. The molecule has 2 aliphatic rings. The van der Waals surface area contributed by atoms with Crippen molar-refractivity contribution in [2.45, 2.75) is 31.4 Å². The number of nitrogens with one attached hydrogen (secondary N) is 2. The zero-order chi connectivity index (χ0) is 21.0. The second-order valence-corrected chi connectivity index (χ2v) is 8.06. The second kappa shape index (κ2) is 8.75. The molecule has 1 atom stereocenters. The predicted octanol–water partition coefficient (Wildman–Crippen LogP) is 3.80. The molecule has 2 heterocycles. The molecule has 156 valence electrons. The number of rotatable bonds is 4. The summed E-state index contributed by atoms with van der Waals surface area (Å²) in [5, 5.41) is 10.3. The van der Waals surface area contributed by atoms with Crippen LogP contribution in [0.5, 0.6) is 0 Å². The monoisotopic (exact) mass is 426 g/mol. The number of carbonyl (C=O) groups is 2. The predicted molar refractivity (Wildman–Crippen MR) is 115 cm³/mol. The van der Waals surface area contributed by atoms with E-state index in [-0.39, 0.29) is 11.9 Å². The molecule has 7 nitrogen and oxygen atoms in total. The molecule has 0 bridgehead atoms. The summed E-state index contributed by atoms with van der Waals surface area (Å²) in [7, 11) is 0. The van der Waals surface area contributed by atoms with E-state index in [0.717, 1.165) is 18.4 Å². The van der Waals surface area contributed by atoms with Crippen LogP contribution in [-0.4, -0.2) is 41.2 Å². The lowest BCUT2D eigenvalue weighted by atomic mass is 9.88. The largest absolute Gasteiger partial charge is 0.386 e. The molecule has 30 heavy (non-hydrogen) atoms. The molecule has 4 rings (SSSR count). The minimum absolute atomic E-state index is 0.140. The van der Waals surface area contributed by atoms with Gasteiger partial charge in [0.2, 0.25) is 0 Å². The normalized spacial score (nSPS) is 20.4. The van der Waals surface area contributed by atoms with E-state index in [9.17, 15) is 9.59 Å². The fraction of sp³-hybridized carbons (Fsp3) is 0.318. The van der Waals surface area contributed by atoms with E-state index in [1.165, 1.54) is 0 Å². The van der Waals surface area contributed by atoms with Crippen molar-refractivity contribution in [1.29, 1.82) is 0 Å². The van der Waals surface area contributed by atoms with Crippen molar-refractivity contribution in [2.24, 2.45) is 5.16 Å². The third-order valence-corrected chi connectivity index (χ3v) is 5.53. The van der Waals surface area contributed by atoms with Crippen molar-refractivity contribution in [3.05, 3.63) is 65.2 Å². The van der Waals surface area contributed by atoms with Gasteiger partial charge >= 0.3 is 6.03 Å². The minimum Gasteiger partial charge on any atom is -0.386 e. The van der Waals surface area contributed by atoms with Gasteiger partial charge in [0.25, 0.3) is 5.91 Å². The Bertz CT molecular complexity index is 966. The summed E-state index contributed by atoms with van der Waals surface area (Å²) >= 11 is 5.97. The van der Waals surface area contributed by atoms with Gasteiger partial charge < -0.3 is 20.4 Å². The van der Waals surface area contributed by atoms with E-state index in [0.29, 0.717) is 42.5 Å². The molecule has 1 fully saturated rings. The summed E-state index contributed by atoms with van der Waals surface area (Å²) in [6, 6.07) is 16.6. The lowest BCUT2D eigenvalue weighted by molar-refractivity contribution is -0.110. The lowest BCUT2D eigenvalue weighted by Gasteiger charge is -2.38. The minimum atomic E-state index is -0.649. The van der Waals surface area contributed by atoms with Crippen molar-refractivity contribution >= 4 is 34.9 Å². The third-order valence-electron chi connectivity index (χ3n) is 5.30. The maximum Gasteiger partial charge on any atom is 0.317 e. The Balaban J connectivity index is 1.33. The summed E-state index contributed by atoms with van der Waals surface area (Å²) < 4.78 is 0. The molecule has 1 saturated heterocycles. The van der Waals surface area contributed by atoms with Crippen LogP contribution < -0.4 is 10.6 Å². The smallest absolute Gasteiger partial charge is 0.317 e. The van der Waals surface area contributed by atoms with E-state index >= 15 is 0 Å². The highest BCUT2D eigenvalue weighted by atomic mass is 35.5. The van der Waals surface area contributed by atoms with Gasteiger partial charge in [0.15, 0.2) is 5.60 Å². The van der Waals surface area contributed by atoms with Crippen molar-refractivity contribution < 1.29 is 14.4 Å². The van der Waals surface area contributed by atoms with Gasteiger partial charge in [0.1, 0.15) is 5.71 Å². The Kier molecular flexibility index (Phi) is 5.90. The Morgan fingerprint density at radius 2 is 2.00 bits per heavy atom. The average Bonchev–Trinajstić information content (AvgIpc) is 3.16. The fourth-order valence-electron chi connectivity index (χ4n) is 3.79. The summed E-state index contributed by atoms with van der Waals surface area (Å²) in [5.74, 6) is -0.320. The summed E-state index contributed by atoms with van der Waals surface area (Å²) in [5.41, 5.74) is 1.31. The van der Waals surface area contributed by atoms with Crippen molar-refractivity contribution in [3.63, 3.8) is 0 Å². The zero-order valence-corrected chi connectivity index (χ0v) is 17.2. The number of carbonyl (C=O) groups excluding carboxylic acids is 2. The van der Waals surface area contributed by atoms with Crippen LogP contribution in [0.15, 0.2) is 59.8 Å². The number of oxime groups is 1. The van der Waals surface area contributed by atoms with Gasteiger partial charge in [0.05, 0.1) is 6.54 Å². The first-order chi connectivity index (χ1) is 14.5. The topological polar surface area (TPSA) is 83.0 Å². The number of anilines is 1. The summed E-state index contributed by atoms with van der Waals surface area (Å²) in [6.07, 6.45) is 1.90. The number of benzene rings is 2. The highest BCUT2D eigenvalue weighted by molar-refractivity contribution is 6.43. The van der Waals surface area contributed by atoms with Crippen LogP contribution in [0.1, 0.15) is 24.8 Å². The highest BCUT2D eigenvalue weighted by Crippen LogP contribution is 2.33. The van der Waals surface area contributed by atoms with Crippen LogP contribution in [0.3, 0.4) is 0 Å². The first-order valence-electron chi connectivity index (χ1n) is 9.92. The molecule has 2 aromatic carbocycles. The first-order valence-corrected chi connectivity index (χ1v) is 10.3. The molecule has 0 radical (unpaired) electrons. The van der Waals surface area contributed by atoms with Gasteiger partial charge in [0, 0.05) is 30.2 Å². The van der Waals surface area contributed by atoms with E-state index < -0.39 is 5.60 Å². The molecule has 0 aliphatic carbocycles. The Labute approximate surface area is 180 Å². The van der Waals surface area contributed by atoms with Crippen molar-refractivity contribution in [3.8, 4) is 0 Å². The lowest BCUT2D eigenvalue weighted by Crippen LogP contribution is -2.53. The first kappa shape index (κ1) is 20.2. The SMILES string of the molecule is O=C(Nc1cccc(Cl)c1)C1=NO[C@@]2(CCCN(C(=O)NCc3ccccc3)C2)C1. The van der Waals surface area contributed by atoms with Crippen LogP contribution in [0, 0.1) is 0 Å². The molecule has 1 spiro atoms. The molecule has 2 N–H and O–H groups in total. The fourth-order valence-corrected chi connectivity index (χ4v) is 3.98. The van der Waals surface area contributed by atoms with Gasteiger partial charge in [-0.05, 0) is 36.6 Å². The highest BCUT2D eigenvalue weighted by Gasteiger charge is 2.45. The molecule has 2 aliphatic heterocycles. The maximum atomic E-state index is 12.6. The zero-order valence-electron chi connectivity index (χ0n) is 16.4. The molecule has 0 saturated carbocycles. The van der Waals surface area contributed by atoms with E-state index in [1.54, 1.807) is 29.2 Å². The van der Waals surface area contributed by atoms with E-state index in [2.05, 4.69) is 15.8 Å². The molecule has 0 unspecified atom stereocenters. The van der Waals surface area contributed by atoms with Crippen LogP contribution in [0.25, 0.3) is 0 Å². The van der Waals surface area contributed by atoms with Gasteiger partial charge in [-0.15, -0.1) is 0 Å². The van der Waals surface area contributed by atoms with Crippen LogP contribution in [0.4, 0.5) is 10.5 Å². The molecule has 2 aromatic rings. The third kappa shape index (κ3) is 4.74. The number of urea groups is 1. The Hall–Kier alpha value is -3.06. The number of halogens is 1. The number of amides is 3. The molecular weight excluding hydrogens is 404 g/mol. The number of hydrogen-bond donors (Lipinski definition) is 2. The maximum absolute atomic E-state index is 12.6. The summed E-state index contributed by atoms with van der Waals surface area (Å²) in [4.78, 5) is 32.6. The molecule has 8 heteroatoms. The number of piperidine rings is 1. The number of likely N-dealkylation sites (tertiary alicyclic amines) is 1. The van der Waals surface area contributed by atoms with Crippen LogP contribution in [0.2, 0.25) is 5.02 Å². The van der Waals surface area contributed by atoms with Gasteiger partial charge in [-0.2, -0.15) is 0 Å².